The molecule has 1 heterocycles. The number of benzene rings is 2. The molecule has 2 aromatic carbocycles. The monoisotopic (exact) mass is 322 g/mol. The number of hydrogen-bond acceptors (Lipinski definition) is 4. The molecule has 1 aliphatic heterocycles. The zero-order chi connectivity index (χ0) is 17.1. The molecule has 5 heteroatoms. The second-order valence-electron chi connectivity index (χ2n) is 5.54. The van der Waals surface area contributed by atoms with Crippen molar-refractivity contribution in [2.45, 2.75) is 13.0 Å². The minimum Gasteiger partial charge on any atom is -0.468 e. The lowest BCUT2D eigenvalue weighted by atomic mass is 10.0. The number of nitrogens with zero attached hydrogens (tertiary/aromatic N) is 2. The first-order valence-electron chi connectivity index (χ1n) is 7.72. The van der Waals surface area contributed by atoms with E-state index in [1.165, 1.54) is 12.0 Å². The number of carbonyl (C=O) groups is 2. The lowest BCUT2D eigenvalue weighted by Gasteiger charge is -2.23. The van der Waals surface area contributed by atoms with Gasteiger partial charge in [-0.05, 0) is 13.0 Å². The first-order chi connectivity index (χ1) is 11.6. The number of aliphatic imine (C=N–C) groups is 1. The molecule has 0 radical (unpaired) electrons. The van der Waals surface area contributed by atoms with Gasteiger partial charge in [0.1, 0.15) is 12.6 Å². The zero-order valence-electron chi connectivity index (χ0n) is 13.6. The van der Waals surface area contributed by atoms with Crippen LogP contribution in [0, 0.1) is 0 Å². The summed E-state index contributed by atoms with van der Waals surface area (Å²) < 4.78 is 4.73. The highest BCUT2D eigenvalue weighted by atomic mass is 16.5. The van der Waals surface area contributed by atoms with E-state index in [2.05, 4.69) is 4.99 Å². The Morgan fingerprint density at radius 2 is 1.79 bits per heavy atom. The minimum atomic E-state index is -0.586. The van der Waals surface area contributed by atoms with E-state index in [0.717, 1.165) is 16.8 Å². The van der Waals surface area contributed by atoms with Gasteiger partial charge in [-0.2, -0.15) is 0 Å². The Morgan fingerprint density at radius 1 is 1.12 bits per heavy atom. The van der Waals surface area contributed by atoms with Gasteiger partial charge in [0.15, 0.2) is 0 Å². The van der Waals surface area contributed by atoms with Crippen LogP contribution in [0.5, 0.6) is 0 Å². The van der Waals surface area contributed by atoms with Gasteiger partial charge in [0.2, 0.25) is 0 Å². The van der Waals surface area contributed by atoms with Crippen LogP contribution in [0.25, 0.3) is 0 Å². The van der Waals surface area contributed by atoms with Crippen molar-refractivity contribution in [3.63, 3.8) is 0 Å². The fourth-order valence-electron chi connectivity index (χ4n) is 2.75. The molecule has 3 rings (SSSR count). The number of methoxy groups -OCH3 is 1. The summed E-state index contributed by atoms with van der Waals surface area (Å²) in [5.41, 5.74) is 3.18. The van der Waals surface area contributed by atoms with Gasteiger partial charge in [0.25, 0.3) is 5.91 Å². The van der Waals surface area contributed by atoms with E-state index in [0.29, 0.717) is 5.69 Å². The van der Waals surface area contributed by atoms with E-state index in [-0.39, 0.29) is 12.5 Å². The van der Waals surface area contributed by atoms with Gasteiger partial charge >= 0.3 is 5.97 Å². The van der Waals surface area contributed by atoms with Gasteiger partial charge < -0.3 is 4.74 Å². The first kappa shape index (κ1) is 15.9. The number of fused-ring (bicyclic) bond motifs is 1. The Labute approximate surface area is 140 Å². The molecule has 0 aromatic heterocycles. The van der Waals surface area contributed by atoms with Gasteiger partial charge in [-0.15, -0.1) is 0 Å². The molecule has 1 atom stereocenters. The van der Waals surface area contributed by atoms with Crippen LogP contribution in [0.15, 0.2) is 59.6 Å². The van der Waals surface area contributed by atoms with Gasteiger partial charge in [0.05, 0.1) is 18.5 Å². The number of anilines is 1. The molecule has 24 heavy (non-hydrogen) atoms. The lowest BCUT2D eigenvalue weighted by molar-refractivity contribution is -0.140. The Morgan fingerprint density at radius 3 is 2.50 bits per heavy atom. The van der Waals surface area contributed by atoms with E-state index in [1.807, 2.05) is 54.6 Å². The fraction of sp³-hybridized carbons (Fsp3) is 0.211. The second kappa shape index (κ2) is 6.66. The molecular formula is C19H18N2O3. The van der Waals surface area contributed by atoms with Crippen molar-refractivity contribution < 1.29 is 14.3 Å². The molecule has 0 saturated heterocycles. The van der Waals surface area contributed by atoms with Crippen molar-refractivity contribution in [1.29, 1.82) is 0 Å². The molecule has 0 bridgehead atoms. The molecule has 0 spiro atoms. The van der Waals surface area contributed by atoms with E-state index in [9.17, 15) is 9.59 Å². The number of amides is 1. The van der Waals surface area contributed by atoms with Crippen molar-refractivity contribution in [2.75, 3.05) is 18.6 Å². The Kier molecular flexibility index (Phi) is 4.42. The lowest BCUT2D eigenvalue weighted by Crippen LogP contribution is -2.40. The Balaban J connectivity index is 2.15. The number of benzodiazepines with no additional fused rings is 1. The number of esters is 1. The summed E-state index contributed by atoms with van der Waals surface area (Å²) >= 11 is 0. The third kappa shape index (κ3) is 2.93. The summed E-state index contributed by atoms with van der Waals surface area (Å²) in [4.78, 5) is 30.6. The van der Waals surface area contributed by atoms with Crippen LogP contribution in [0.3, 0.4) is 0 Å². The maximum absolute atomic E-state index is 12.7. The van der Waals surface area contributed by atoms with Crippen molar-refractivity contribution in [1.82, 2.24) is 0 Å². The highest BCUT2D eigenvalue weighted by Crippen LogP contribution is 2.28. The molecular weight excluding hydrogens is 304 g/mol. The standard InChI is InChI=1S/C19H18N2O3/c1-13-19(23)21(12-17(22)24-2)16-11-7-6-10-15(16)18(20-13)14-8-4-3-5-9-14/h3-11,13H,12H2,1-2H3. The van der Waals surface area contributed by atoms with Crippen LogP contribution in [0.1, 0.15) is 18.1 Å². The number of hydrogen-bond donors (Lipinski definition) is 0. The number of ether oxygens (including phenoxy) is 1. The third-order valence-electron chi connectivity index (χ3n) is 3.96. The molecule has 0 N–H and O–H groups in total. The highest BCUT2D eigenvalue weighted by Gasteiger charge is 2.30. The smallest absolute Gasteiger partial charge is 0.325 e. The SMILES string of the molecule is COC(=O)CN1C(=O)C(C)N=C(c2ccccc2)c2ccccc21. The van der Waals surface area contributed by atoms with Crippen molar-refractivity contribution in [3.8, 4) is 0 Å². The largest absolute Gasteiger partial charge is 0.468 e. The number of carbonyl (C=O) groups excluding carboxylic acids is 2. The average molecular weight is 322 g/mol. The summed E-state index contributed by atoms with van der Waals surface area (Å²) in [7, 11) is 1.31. The fourth-order valence-corrected chi connectivity index (χ4v) is 2.75. The molecule has 1 amide bonds. The Hall–Kier alpha value is -2.95. The van der Waals surface area contributed by atoms with Gasteiger partial charge in [-0.3, -0.25) is 19.5 Å². The van der Waals surface area contributed by atoms with Crippen LogP contribution in [-0.4, -0.2) is 37.3 Å². The molecule has 2 aromatic rings. The quantitative estimate of drug-likeness (QED) is 0.816. The topological polar surface area (TPSA) is 59.0 Å². The molecule has 0 fully saturated rings. The van der Waals surface area contributed by atoms with Crippen LogP contribution in [0.2, 0.25) is 0 Å². The normalized spacial score (nSPS) is 16.9. The third-order valence-corrected chi connectivity index (χ3v) is 3.96. The van der Waals surface area contributed by atoms with Crippen molar-refractivity contribution in [3.05, 3.63) is 65.7 Å². The van der Waals surface area contributed by atoms with Gasteiger partial charge in [-0.25, -0.2) is 0 Å². The number of rotatable bonds is 3. The molecule has 0 aliphatic carbocycles. The summed E-state index contributed by atoms with van der Waals surface area (Å²) in [6.07, 6.45) is 0. The summed E-state index contributed by atoms with van der Waals surface area (Å²) in [6, 6.07) is 16.6. The zero-order valence-corrected chi connectivity index (χ0v) is 13.6. The molecule has 122 valence electrons. The summed E-state index contributed by atoms with van der Waals surface area (Å²) in [6.45, 7) is 1.61. The van der Waals surface area contributed by atoms with Gasteiger partial charge in [-0.1, -0.05) is 48.5 Å². The second-order valence-corrected chi connectivity index (χ2v) is 5.54. The van der Waals surface area contributed by atoms with Crippen LogP contribution < -0.4 is 4.90 Å². The van der Waals surface area contributed by atoms with Crippen molar-refractivity contribution in [2.24, 2.45) is 4.99 Å². The van der Waals surface area contributed by atoms with E-state index >= 15 is 0 Å². The predicted octanol–water partition coefficient (Wildman–Crippen LogP) is 2.43. The molecule has 1 aliphatic rings. The Bertz CT molecular complexity index is 799. The number of para-hydroxylation sites is 1. The molecule has 5 nitrogen and oxygen atoms in total. The first-order valence-corrected chi connectivity index (χ1v) is 7.72. The minimum absolute atomic E-state index is 0.131. The van der Waals surface area contributed by atoms with Crippen molar-refractivity contribution >= 4 is 23.3 Å². The van der Waals surface area contributed by atoms with Crippen LogP contribution in [-0.2, 0) is 14.3 Å². The predicted molar refractivity (Wildman–Crippen MR) is 92.4 cm³/mol. The summed E-state index contributed by atoms with van der Waals surface area (Å²) in [5.74, 6) is -0.688. The van der Waals surface area contributed by atoms with Gasteiger partial charge in [0, 0.05) is 11.1 Å². The molecule has 1 unspecified atom stereocenters. The highest BCUT2D eigenvalue weighted by molar-refractivity contribution is 6.20. The van der Waals surface area contributed by atoms with E-state index in [1.54, 1.807) is 6.92 Å². The average Bonchev–Trinajstić information content (AvgIpc) is 2.73. The van der Waals surface area contributed by atoms with Crippen LogP contribution in [0.4, 0.5) is 5.69 Å². The van der Waals surface area contributed by atoms with E-state index < -0.39 is 12.0 Å². The van der Waals surface area contributed by atoms with E-state index in [4.69, 9.17) is 4.74 Å². The maximum Gasteiger partial charge on any atom is 0.325 e. The van der Waals surface area contributed by atoms with Crippen LogP contribution >= 0.6 is 0 Å². The summed E-state index contributed by atoms with van der Waals surface area (Å²) in [5, 5.41) is 0. The maximum atomic E-state index is 12.7. The molecule has 0 saturated carbocycles.